The van der Waals surface area contributed by atoms with E-state index in [1.807, 2.05) is 25.3 Å². The Hall–Kier alpha value is -2.58. The van der Waals surface area contributed by atoms with E-state index in [0.29, 0.717) is 24.5 Å². The first-order valence-electron chi connectivity index (χ1n) is 7.48. The van der Waals surface area contributed by atoms with Crippen molar-refractivity contribution in [2.24, 2.45) is 0 Å². The number of nitrogens with one attached hydrogen (secondary N) is 1. The number of aryl methyl sites for hydroxylation is 1. The van der Waals surface area contributed by atoms with Crippen molar-refractivity contribution in [2.75, 3.05) is 6.61 Å². The second-order valence-corrected chi connectivity index (χ2v) is 6.91. The lowest BCUT2D eigenvalue weighted by atomic mass is 10.2. The summed E-state index contributed by atoms with van der Waals surface area (Å²) in [6, 6.07) is 8.71. The van der Waals surface area contributed by atoms with Gasteiger partial charge >= 0.3 is 0 Å². The number of hydrogen-bond acceptors (Lipinski definition) is 5. The van der Waals surface area contributed by atoms with Crippen LogP contribution in [0.5, 0.6) is 0 Å². The van der Waals surface area contributed by atoms with Gasteiger partial charge in [-0.2, -0.15) is 0 Å². The molecule has 0 saturated carbocycles. The SMILES string of the molecule is CCOC=O.Cc1ccc(S(=O)(=O)n2ccc3c2CNC=C3)cc1.O. The topological polar surface area (TPSA) is 109 Å². The first-order valence-corrected chi connectivity index (χ1v) is 8.92. The van der Waals surface area contributed by atoms with Crippen molar-refractivity contribution in [2.45, 2.75) is 25.3 Å². The molecule has 7 nitrogen and oxygen atoms in total. The minimum atomic E-state index is -3.51. The molecule has 136 valence electrons. The lowest BCUT2D eigenvalue weighted by Gasteiger charge is -2.14. The molecule has 25 heavy (non-hydrogen) atoms. The third-order valence-electron chi connectivity index (χ3n) is 3.45. The minimum absolute atomic E-state index is 0. The van der Waals surface area contributed by atoms with E-state index in [-0.39, 0.29) is 5.48 Å². The lowest BCUT2D eigenvalue weighted by Crippen LogP contribution is -2.20. The number of carbonyl (C=O) groups is 1. The van der Waals surface area contributed by atoms with Crippen LogP contribution in [0.25, 0.3) is 6.08 Å². The fraction of sp³-hybridized carbons (Fsp3) is 0.235. The Morgan fingerprint density at radius 2 is 1.92 bits per heavy atom. The number of fused-ring (bicyclic) bond motifs is 1. The summed E-state index contributed by atoms with van der Waals surface area (Å²) in [5.41, 5.74) is 2.75. The van der Waals surface area contributed by atoms with Crippen LogP contribution in [-0.4, -0.2) is 30.9 Å². The van der Waals surface area contributed by atoms with Crippen LogP contribution in [-0.2, 0) is 26.1 Å². The number of benzene rings is 1. The Morgan fingerprint density at radius 1 is 1.24 bits per heavy atom. The van der Waals surface area contributed by atoms with Gasteiger partial charge in [0.25, 0.3) is 16.5 Å². The Kier molecular flexibility index (Phi) is 7.41. The number of aromatic nitrogens is 1. The number of carbonyl (C=O) groups excluding carboxylic acids is 1. The van der Waals surface area contributed by atoms with Gasteiger partial charge in [-0.05, 0) is 49.9 Å². The Labute approximate surface area is 147 Å². The number of rotatable bonds is 4. The molecule has 2 heterocycles. The second-order valence-electron chi connectivity index (χ2n) is 5.10. The summed E-state index contributed by atoms with van der Waals surface area (Å²) in [6.45, 7) is 5.12. The molecular weight excluding hydrogens is 344 g/mol. The van der Waals surface area contributed by atoms with Gasteiger partial charge in [0, 0.05) is 6.20 Å². The van der Waals surface area contributed by atoms with Crippen LogP contribution in [0.15, 0.2) is 47.6 Å². The molecule has 3 rings (SSSR count). The Bertz CT molecular complexity index is 823. The molecule has 0 aliphatic carbocycles. The molecule has 0 amide bonds. The van der Waals surface area contributed by atoms with Crippen LogP contribution in [0, 0.1) is 6.92 Å². The monoisotopic (exact) mass is 366 g/mol. The van der Waals surface area contributed by atoms with Gasteiger partial charge in [-0.1, -0.05) is 17.7 Å². The molecule has 0 bridgehead atoms. The van der Waals surface area contributed by atoms with Crippen molar-refractivity contribution in [1.82, 2.24) is 9.29 Å². The minimum Gasteiger partial charge on any atom is -0.468 e. The maximum atomic E-state index is 12.6. The molecule has 1 aliphatic rings. The van der Waals surface area contributed by atoms with Gasteiger partial charge in [-0.3, -0.25) is 4.79 Å². The average molecular weight is 366 g/mol. The molecule has 8 heteroatoms. The molecule has 0 fully saturated rings. The van der Waals surface area contributed by atoms with Gasteiger partial charge in [-0.15, -0.1) is 0 Å². The van der Waals surface area contributed by atoms with Crippen molar-refractivity contribution in [3.8, 4) is 0 Å². The Morgan fingerprint density at radius 3 is 2.48 bits per heavy atom. The lowest BCUT2D eigenvalue weighted by molar-refractivity contribution is -0.128. The zero-order valence-electron chi connectivity index (χ0n) is 14.1. The van der Waals surface area contributed by atoms with Gasteiger partial charge in [0.05, 0.1) is 23.7 Å². The normalized spacial score (nSPS) is 11.9. The van der Waals surface area contributed by atoms with Gasteiger partial charge < -0.3 is 15.5 Å². The van der Waals surface area contributed by atoms with Crippen molar-refractivity contribution in [3.05, 3.63) is 59.5 Å². The quantitative estimate of drug-likeness (QED) is 0.824. The standard InChI is InChI=1S/C14H14N2O2S.C3H6O2.H2O/c1-11-2-4-13(5-3-11)19(17,18)16-9-7-12-6-8-15-10-14(12)16;1-2-5-3-4;/h2-9,15H,10H2,1H3;3H,2H2,1H3;1H2. The van der Waals surface area contributed by atoms with Crippen LogP contribution in [0.4, 0.5) is 0 Å². The molecule has 1 aliphatic heterocycles. The fourth-order valence-electron chi connectivity index (χ4n) is 2.21. The average Bonchev–Trinajstić information content (AvgIpc) is 3.01. The third kappa shape index (κ3) is 4.71. The van der Waals surface area contributed by atoms with Crippen LogP contribution in [0.1, 0.15) is 23.7 Å². The molecule has 1 aromatic carbocycles. The number of hydrogen-bond donors (Lipinski definition) is 1. The fourth-order valence-corrected chi connectivity index (χ4v) is 3.60. The van der Waals surface area contributed by atoms with Gasteiger partial charge in [0.2, 0.25) is 0 Å². The molecule has 1 aromatic heterocycles. The maximum absolute atomic E-state index is 12.6. The molecule has 0 atom stereocenters. The highest BCUT2D eigenvalue weighted by Crippen LogP contribution is 2.22. The number of ether oxygens (including phenoxy) is 1. The molecule has 0 saturated heterocycles. The van der Waals surface area contributed by atoms with Gasteiger partial charge in [0.1, 0.15) is 0 Å². The van der Waals surface area contributed by atoms with E-state index in [1.54, 1.807) is 37.4 Å². The summed E-state index contributed by atoms with van der Waals surface area (Å²) in [4.78, 5) is 9.49. The largest absolute Gasteiger partial charge is 0.468 e. The zero-order valence-corrected chi connectivity index (χ0v) is 14.9. The van der Waals surface area contributed by atoms with Crippen molar-refractivity contribution in [3.63, 3.8) is 0 Å². The van der Waals surface area contributed by atoms with Gasteiger partial charge in [-0.25, -0.2) is 12.4 Å². The van der Waals surface area contributed by atoms with Crippen LogP contribution in [0.2, 0.25) is 0 Å². The summed E-state index contributed by atoms with van der Waals surface area (Å²) in [5.74, 6) is 0. The maximum Gasteiger partial charge on any atom is 0.293 e. The highest BCUT2D eigenvalue weighted by Gasteiger charge is 2.21. The first kappa shape index (κ1) is 20.5. The summed E-state index contributed by atoms with van der Waals surface area (Å²) < 4.78 is 30.7. The number of nitrogens with zero attached hydrogens (tertiary/aromatic N) is 1. The predicted octanol–water partition coefficient (Wildman–Crippen LogP) is 1.46. The van der Waals surface area contributed by atoms with E-state index in [2.05, 4.69) is 10.1 Å². The molecule has 0 radical (unpaired) electrons. The molecule has 0 spiro atoms. The highest BCUT2D eigenvalue weighted by molar-refractivity contribution is 7.90. The molecule has 3 N–H and O–H groups in total. The molecule has 2 aromatic rings. The van der Waals surface area contributed by atoms with E-state index < -0.39 is 10.0 Å². The van der Waals surface area contributed by atoms with Crippen LogP contribution in [0.3, 0.4) is 0 Å². The summed E-state index contributed by atoms with van der Waals surface area (Å²) in [6.07, 6.45) is 5.31. The summed E-state index contributed by atoms with van der Waals surface area (Å²) in [7, 11) is -3.51. The van der Waals surface area contributed by atoms with E-state index in [1.165, 1.54) is 3.97 Å². The second kappa shape index (κ2) is 9.05. The van der Waals surface area contributed by atoms with Crippen LogP contribution >= 0.6 is 0 Å². The smallest absolute Gasteiger partial charge is 0.293 e. The van der Waals surface area contributed by atoms with Crippen LogP contribution < -0.4 is 5.32 Å². The third-order valence-corrected chi connectivity index (χ3v) is 5.18. The first-order chi connectivity index (χ1) is 11.5. The Balaban J connectivity index is 0.000000462. The predicted molar refractivity (Wildman–Crippen MR) is 95.4 cm³/mol. The van der Waals surface area contributed by atoms with E-state index in [0.717, 1.165) is 16.8 Å². The van der Waals surface area contributed by atoms with E-state index >= 15 is 0 Å². The van der Waals surface area contributed by atoms with E-state index in [9.17, 15) is 13.2 Å². The van der Waals surface area contributed by atoms with Gasteiger partial charge in [0.15, 0.2) is 0 Å². The van der Waals surface area contributed by atoms with Crippen molar-refractivity contribution in [1.29, 1.82) is 0 Å². The highest BCUT2D eigenvalue weighted by atomic mass is 32.2. The summed E-state index contributed by atoms with van der Waals surface area (Å²) >= 11 is 0. The van der Waals surface area contributed by atoms with Crippen molar-refractivity contribution < 1.29 is 23.4 Å². The molecular formula is C17H22N2O5S. The molecule has 0 unspecified atom stereocenters. The van der Waals surface area contributed by atoms with E-state index in [4.69, 9.17) is 0 Å². The summed E-state index contributed by atoms with van der Waals surface area (Å²) in [5, 5.41) is 3.03. The van der Waals surface area contributed by atoms with Crippen molar-refractivity contribution >= 4 is 22.6 Å². The zero-order chi connectivity index (χ0) is 17.6.